The zero-order valence-corrected chi connectivity index (χ0v) is 21.4. The Morgan fingerprint density at radius 2 is 1.84 bits per heavy atom. The van der Waals surface area contributed by atoms with Gasteiger partial charge in [0.15, 0.2) is 17.4 Å². The summed E-state index contributed by atoms with van der Waals surface area (Å²) in [5, 5.41) is 9.39. The maximum Gasteiger partial charge on any atom is 0.406 e. The van der Waals surface area contributed by atoms with E-state index in [1.165, 1.54) is 18.2 Å². The Morgan fingerprint density at radius 1 is 1.08 bits per heavy atom. The summed E-state index contributed by atoms with van der Waals surface area (Å²) in [7, 11) is 1.43. The number of alkyl halides is 3. The van der Waals surface area contributed by atoms with E-state index in [1.807, 2.05) is 10.6 Å². The fourth-order valence-corrected chi connectivity index (χ4v) is 6.78. The van der Waals surface area contributed by atoms with Crippen molar-refractivity contribution >= 4 is 17.4 Å². The second-order valence-electron chi connectivity index (χ2n) is 11.1. The zero-order valence-electron chi connectivity index (χ0n) is 20.6. The highest BCUT2D eigenvalue weighted by molar-refractivity contribution is 6.30. The van der Waals surface area contributed by atoms with E-state index < -0.39 is 17.5 Å². The van der Waals surface area contributed by atoms with E-state index in [4.69, 9.17) is 16.3 Å². The minimum Gasteiger partial charge on any atom is -0.493 e. The van der Waals surface area contributed by atoms with Gasteiger partial charge in [0.1, 0.15) is 17.2 Å². The highest BCUT2D eigenvalue weighted by atomic mass is 35.5. The van der Waals surface area contributed by atoms with E-state index in [2.05, 4.69) is 20.1 Å². The van der Waals surface area contributed by atoms with Gasteiger partial charge in [0.05, 0.1) is 25.5 Å². The SMILES string of the molecule is COc1cc(N2CC3(CC(c4nnc5n4-c4ccc(Cl)cc4CN(C4(C(F)(F)F)CC4)C5)C3)C2)ncc1F. The number of anilines is 1. The van der Waals surface area contributed by atoms with Crippen molar-refractivity contribution in [2.45, 2.75) is 56.4 Å². The lowest BCUT2D eigenvalue weighted by atomic mass is 9.57. The van der Waals surface area contributed by atoms with Crippen LogP contribution >= 0.6 is 11.6 Å². The predicted octanol–water partition coefficient (Wildman–Crippen LogP) is 5.26. The fourth-order valence-electron chi connectivity index (χ4n) is 6.58. The Labute approximate surface area is 221 Å². The summed E-state index contributed by atoms with van der Waals surface area (Å²) >= 11 is 6.28. The van der Waals surface area contributed by atoms with E-state index in [0.29, 0.717) is 16.7 Å². The normalized spacial score (nSPS) is 21.8. The lowest BCUT2D eigenvalue weighted by molar-refractivity contribution is -0.200. The Hall–Kier alpha value is -2.92. The number of benzene rings is 1. The first-order chi connectivity index (χ1) is 18.1. The highest BCUT2D eigenvalue weighted by Gasteiger charge is 2.67. The number of hydrogen-bond donors (Lipinski definition) is 0. The number of aromatic nitrogens is 4. The molecule has 3 fully saturated rings. The first kappa shape index (κ1) is 24.1. The van der Waals surface area contributed by atoms with Crippen LogP contribution in [-0.2, 0) is 13.1 Å². The number of pyridine rings is 1. The molecule has 2 aliphatic heterocycles. The lowest BCUT2D eigenvalue weighted by Crippen LogP contribution is -2.62. The van der Waals surface area contributed by atoms with Gasteiger partial charge >= 0.3 is 6.18 Å². The summed E-state index contributed by atoms with van der Waals surface area (Å²) in [6.07, 6.45) is -1.19. The Balaban J connectivity index is 1.14. The van der Waals surface area contributed by atoms with Gasteiger partial charge < -0.3 is 9.64 Å². The lowest BCUT2D eigenvalue weighted by Gasteiger charge is -2.59. The summed E-state index contributed by atoms with van der Waals surface area (Å²) in [4.78, 5) is 7.80. The molecule has 1 saturated heterocycles. The fraction of sp³-hybridized carbons (Fsp3) is 0.500. The minimum absolute atomic E-state index is 0.0719. The predicted molar refractivity (Wildman–Crippen MR) is 131 cm³/mol. The molecule has 7 rings (SSSR count). The molecule has 0 atom stereocenters. The first-order valence-corrected chi connectivity index (χ1v) is 13.0. The number of nitrogens with zero attached hydrogens (tertiary/aromatic N) is 6. The molecule has 0 amide bonds. The molecule has 0 bridgehead atoms. The zero-order chi connectivity index (χ0) is 26.4. The molecule has 2 aliphatic carbocycles. The van der Waals surface area contributed by atoms with Gasteiger partial charge in [-0.1, -0.05) is 11.6 Å². The summed E-state index contributed by atoms with van der Waals surface area (Å²) in [5.74, 6) is 1.80. The number of fused-ring (bicyclic) bond motifs is 3. The molecule has 4 aliphatic rings. The Kier molecular flexibility index (Phi) is 5.11. The molecular weight excluding hydrogens is 524 g/mol. The van der Waals surface area contributed by atoms with Crippen LogP contribution in [0.15, 0.2) is 30.5 Å². The number of ether oxygens (including phenoxy) is 1. The van der Waals surface area contributed by atoms with Gasteiger partial charge in [0, 0.05) is 42.1 Å². The summed E-state index contributed by atoms with van der Waals surface area (Å²) < 4.78 is 62.9. The van der Waals surface area contributed by atoms with Crippen molar-refractivity contribution in [3.63, 3.8) is 0 Å². The van der Waals surface area contributed by atoms with Crippen LogP contribution in [0.4, 0.5) is 23.4 Å². The molecule has 200 valence electrons. The van der Waals surface area contributed by atoms with Crippen LogP contribution in [0.1, 0.15) is 48.8 Å². The molecule has 3 aromatic rings. The van der Waals surface area contributed by atoms with E-state index in [1.54, 1.807) is 18.2 Å². The van der Waals surface area contributed by atoms with Gasteiger partial charge in [-0.25, -0.2) is 9.37 Å². The van der Waals surface area contributed by atoms with Gasteiger partial charge in [-0.3, -0.25) is 9.47 Å². The molecule has 2 aromatic heterocycles. The maximum atomic E-state index is 14.0. The van der Waals surface area contributed by atoms with Crippen LogP contribution in [0, 0.1) is 11.2 Å². The van der Waals surface area contributed by atoms with Gasteiger partial charge in [0.25, 0.3) is 0 Å². The third-order valence-electron chi connectivity index (χ3n) is 8.71. The third-order valence-corrected chi connectivity index (χ3v) is 8.95. The monoisotopic (exact) mass is 548 g/mol. The number of methoxy groups -OCH3 is 1. The summed E-state index contributed by atoms with van der Waals surface area (Å²) in [5.41, 5.74) is -0.175. The second kappa shape index (κ2) is 8.05. The van der Waals surface area contributed by atoms with E-state index in [9.17, 15) is 17.6 Å². The summed E-state index contributed by atoms with van der Waals surface area (Å²) in [6, 6.07) is 6.98. The Bertz CT molecular complexity index is 1420. The Morgan fingerprint density at radius 3 is 2.53 bits per heavy atom. The van der Waals surface area contributed by atoms with E-state index in [-0.39, 0.29) is 43.0 Å². The average Bonchev–Trinajstić information content (AvgIpc) is 3.57. The van der Waals surface area contributed by atoms with Crippen molar-refractivity contribution < 1.29 is 22.3 Å². The molecule has 2 saturated carbocycles. The second-order valence-corrected chi connectivity index (χ2v) is 11.5. The molecule has 12 heteroatoms. The molecule has 1 spiro atoms. The van der Waals surface area contributed by atoms with Gasteiger partial charge in [-0.05, 0) is 49.4 Å². The van der Waals surface area contributed by atoms with Crippen LogP contribution in [0.3, 0.4) is 0 Å². The van der Waals surface area contributed by atoms with Crippen molar-refractivity contribution in [2.24, 2.45) is 5.41 Å². The van der Waals surface area contributed by atoms with Crippen LogP contribution in [0.5, 0.6) is 5.75 Å². The maximum absolute atomic E-state index is 14.0. The van der Waals surface area contributed by atoms with Crippen molar-refractivity contribution in [3.8, 4) is 11.4 Å². The van der Waals surface area contributed by atoms with Crippen LogP contribution < -0.4 is 9.64 Å². The quantitative estimate of drug-likeness (QED) is 0.415. The first-order valence-electron chi connectivity index (χ1n) is 12.6. The van der Waals surface area contributed by atoms with Crippen molar-refractivity contribution in [3.05, 3.63) is 58.5 Å². The molecule has 7 nitrogen and oxygen atoms in total. The third kappa shape index (κ3) is 3.54. The summed E-state index contributed by atoms with van der Waals surface area (Å²) in [6.45, 7) is 1.80. The number of halogens is 5. The smallest absolute Gasteiger partial charge is 0.406 e. The highest BCUT2D eigenvalue weighted by Crippen LogP contribution is 2.58. The van der Waals surface area contributed by atoms with Crippen LogP contribution in [0.2, 0.25) is 5.02 Å². The van der Waals surface area contributed by atoms with Gasteiger partial charge in [-0.2, -0.15) is 13.2 Å². The van der Waals surface area contributed by atoms with Gasteiger partial charge in [-0.15, -0.1) is 10.2 Å². The van der Waals surface area contributed by atoms with Crippen LogP contribution in [-0.4, -0.2) is 56.6 Å². The average molecular weight is 549 g/mol. The van der Waals surface area contributed by atoms with E-state index in [0.717, 1.165) is 43.0 Å². The largest absolute Gasteiger partial charge is 0.493 e. The van der Waals surface area contributed by atoms with Crippen molar-refractivity contribution in [2.75, 3.05) is 25.1 Å². The molecular formula is C26H25ClF4N6O. The molecule has 4 heterocycles. The standard InChI is InChI=1S/C26H25ClF4N6O/c1-38-20-7-21(32-10-18(20)28)35-13-24(14-35)8-16(9-24)23-34-33-22-12-36(25(4-5-25)26(29,30)31)11-15-6-17(27)2-3-19(15)37(22)23/h2-3,6-7,10,16H,4-5,8-9,11-14H2,1H3. The number of rotatable bonds is 4. The topological polar surface area (TPSA) is 59.3 Å². The molecule has 0 unspecified atom stereocenters. The molecule has 38 heavy (non-hydrogen) atoms. The van der Waals surface area contributed by atoms with Crippen molar-refractivity contribution in [1.29, 1.82) is 0 Å². The number of hydrogen-bond acceptors (Lipinski definition) is 6. The molecule has 1 aromatic carbocycles. The minimum atomic E-state index is -4.32. The van der Waals surface area contributed by atoms with Crippen molar-refractivity contribution in [1.82, 2.24) is 24.6 Å². The molecule has 0 N–H and O–H groups in total. The van der Waals surface area contributed by atoms with Gasteiger partial charge in [0.2, 0.25) is 0 Å². The van der Waals surface area contributed by atoms with E-state index >= 15 is 0 Å². The van der Waals surface area contributed by atoms with Crippen LogP contribution in [0.25, 0.3) is 5.69 Å². The molecule has 0 radical (unpaired) electrons.